The number of aryl methyl sites for hydroxylation is 1. The number of aromatic nitrogens is 3. The van der Waals surface area contributed by atoms with Gasteiger partial charge in [-0.25, -0.2) is 4.79 Å². The first-order chi connectivity index (χ1) is 8.58. The molecule has 0 spiro atoms. The molecule has 2 aromatic heterocycles. The molecule has 2 heterocycles. The van der Waals surface area contributed by atoms with Crippen LogP contribution in [-0.2, 0) is 6.54 Å². The number of nitrogens with zero attached hydrogens (tertiary/aromatic N) is 3. The van der Waals surface area contributed by atoms with Crippen molar-refractivity contribution in [1.82, 2.24) is 14.8 Å². The first-order valence-electron chi connectivity index (χ1n) is 5.26. The van der Waals surface area contributed by atoms with Crippen LogP contribution in [0.2, 0.25) is 0 Å². The van der Waals surface area contributed by atoms with Crippen LogP contribution in [0.25, 0.3) is 11.0 Å². The maximum absolute atomic E-state index is 12.0. The van der Waals surface area contributed by atoms with E-state index in [-0.39, 0.29) is 16.8 Å². The van der Waals surface area contributed by atoms with E-state index in [0.717, 1.165) is 0 Å². The fraction of sp³-hybridized carbons (Fsp3) is 0.273. The summed E-state index contributed by atoms with van der Waals surface area (Å²) in [6, 6.07) is 1.39. The number of carboxylic acids is 1. The van der Waals surface area contributed by atoms with E-state index in [4.69, 9.17) is 9.84 Å². The molecule has 0 saturated carbocycles. The Kier molecular flexibility index (Phi) is 2.97. The van der Waals surface area contributed by atoms with Crippen LogP contribution < -0.4 is 10.2 Å². The molecule has 1 N–H and O–H groups in total. The summed E-state index contributed by atoms with van der Waals surface area (Å²) >= 11 is 0. The van der Waals surface area contributed by atoms with E-state index >= 15 is 0 Å². The van der Waals surface area contributed by atoms with Crippen molar-refractivity contribution in [3.63, 3.8) is 0 Å². The quantitative estimate of drug-likeness (QED) is 0.852. The van der Waals surface area contributed by atoms with Gasteiger partial charge in [0, 0.05) is 18.8 Å². The van der Waals surface area contributed by atoms with Crippen LogP contribution in [0.5, 0.6) is 5.88 Å². The highest BCUT2D eigenvalue weighted by molar-refractivity contribution is 5.91. The summed E-state index contributed by atoms with van der Waals surface area (Å²) in [5.74, 6) is -1.09. The van der Waals surface area contributed by atoms with Gasteiger partial charge < -0.3 is 14.4 Å². The number of aromatic carboxylic acids is 1. The van der Waals surface area contributed by atoms with Crippen LogP contribution in [0.1, 0.15) is 17.3 Å². The second-order valence-corrected chi connectivity index (χ2v) is 3.59. The summed E-state index contributed by atoms with van der Waals surface area (Å²) in [6.45, 7) is 2.31. The van der Waals surface area contributed by atoms with Crippen molar-refractivity contribution in [3.8, 4) is 5.88 Å². The summed E-state index contributed by atoms with van der Waals surface area (Å²) in [5, 5.41) is 16.8. The van der Waals surface area contributed by atoms with E-state index in [1.165, 1.54) is 19.4 Å². The van der Waals surface area contributed by atoms with Gasteiger partial charge in [-0.3, -0.25) is 4.79 Å². The molecule has 0 atom stereocenters. The summed E-state index contributed by atoms with van der Waals surface area (Å²) < 4.78 is 6.44. The highest BCUT2D eigenvalue weighted by atomic mass is 16.5. The predicted molar refractivity (Wildman–Crippen MR) is 63.0 cm³/mol. The fourth-order valence-corrected chi connectivity index (χ4v) is 1.66. The van der Waals surface area contributed by atoms with Crippen LogP contribution in [0.4, 0.5) is 0 Å². The number of fused-ring (bicyclic) bond motifs is 1. The van der Waals surface area contributed by atoms with Crippen molar-refractivity contribution < 1.29 is 14.6 Å². The Bertz CT molecular complexity index is 678. The summed E-state index contributed by atoms with van der Waals surface area (Å²) in [6.07, 6.45) is 1.27. The van der Waals surface area contributed by atoms with Crippen molar-refractivity contribution in [2.75, 3.05) is 7.11 Å². The van der Waals surface area contributed by atoms with Crippen molar-refractivity contribution in [1.29, 1.82) is 0 Å². The molecule has 0 fully saturated rings. The van der Waals surface area contributed by atoms with Crippen molar-refractivity contribution in [2.45, 2.75) is 13.5 Å². The molecular formula is C11H11N3O4. The zero-order chi connectivity index (χ0) is 13.3. The van der Waals surface area contributed by atoms with Crippen LogP contribution in [0.15, 0.2) is 17.1 Å². The average Bonchev–Trinajstić information content (AvgIpc) is 2.38. The zero-order valence-corrected chi connectivity index (χ0v) is 9.88. The number of rotatable bonds is 3. The van der Waals surface area contributed by atoms with Gasteiger partial charge in [-0.2, -0.15) is 0 Å². The van der Waals surface area contributed by atoms with E-state index in [1.54, 1.807) is 4.57 Å². The molecular weight excluding hydrogens is 238 g/mol. The van der Waals surface area contributed by atoms with Crippen molar-refractivity contribution in [3.05, 3.63) is 28.0 Å². The lowest BCUT2D eigenvalue weighted by Gasteiger charge is -2.08. The Morgan fingerprint density at radius 2 is 2.22 bits per heavy atom. The molecule has 0 aliphatic heterocycles. The lowest BCUT2D eigenvalue weighted by atomic mass is 10.2. The first-order valence-corrected chi connectivity index (χ1v) is 5.26. The Morgan fingerprint density at radius 3 is 2.78 bits per heavy atom. The van der Waals surface area contributed by atoms with Crippen LogP contribution in [-0.4, -0.2) is 33.0 Å². The topological polar surface area (TPSA) is 94.3 Å². The zero-order valence-electron chi connectivity index (χ0n) is 9.88. The average molecular weight is 249 g/mol. The lowest BCUT2D eigenvalue weighted by Crippen LogP contribution is -2.19. The van der Waals surface area contributed by atoms with Crippen molar-refractivity contribution in [2.24, 2.45) is 0 Å². The monoisotopic (exact) mass is 249 g/mol. The number of carboxylic acid groups (broad SMARTS) is 1. The van der Waals surface area contributed by atoms with Crippen molar-refractivity contribution >= 4 is 17.0 Å². The fourth-order valence-electron chi connectivity index (χ4n) is 1.66. The van der Waals surface area contributed by atoms with E-state index in [2.05, 4.69) is 10.2 Å². The van der Waals surface area contributed by atoms with E-state index in [9.17, 15) is 9.59 Å². The highest BCUT2D eigenvalue weighted by Crippen LogP contribution is 2.13. The third-order valence-corrected chi connectivity index (χ3v) is 2.58. The molecule has 0 saturated heterocycles. The van der Waals surface area contributed by atoms with Gasteiger partial charge in [0.15, 0.2) is 5.65 Å². The largest absolute Gasteiger partial charge is 0.480 e. The second kappa shape index (κ2) is 4.44. The molecule has 0 amide bonds. The number of pyridine rings is 1. The Morgan fingerprint density at radius 1 is 1.50 bits per heavy atom. The highest BCUT2D eigenvalue weighted by Gasteiger charge is 2.15. The maximum Gasteiger partial charge on any atom is 0.341 e. The van der Waals surface area contributed by atoms with Gasteiger partial charge >= 0.3 is 5.97 Å². The Hall–Kier alpha value is -2.44. The van der Waals surface area contributed by atoms with E-state index in [0.29, 0.717) is 12.2 Å². The Balaban J connectivity index is 2.90. The van der Waals surface area contributed by atoms with Gasteiger partial charge in [0.2, 0.25) is 11.3 Å². The molecule has 7 heteroatoms. The van der Waals surface area contributed by atoms with Gasteiger partial charge in [0.25, 0.3) is 0 Å². The predicted octanol–water partition coefficient (Wildman–Crippen LogP) is 0.518. The lowest BCUT2D eigenvalue weighted by molar-refractivity contribution is 0.0695. The minimum Gasteiger partial charge on any atom is -0.480 e. The minimum atomic E-state index is -1.26. The number of hydrogen-bond acceptors (Lipinski definition) is 5. The number of carbonyl (C=O) groups is 1. The summed E-state index contributed by atoms with van der Waals surface area (Å²) in [5.41, 5.74) is -0.539. The van der Waals surface area contributed by atoms with Gasteiger partial charge in [0.05, 0.1) is 12.5 Å². The Labute approximate surface area is 102 Å². The molecule has 0 aliphatic carbocycles. The van der Waals surface area contributed by atoms with Gasteiger partial charge in [-0.1, -0.05) is 0 Å². The normalized spacial score (nSPS) is 10.6. The molecule has 0 aliphatic rings. The van der Waals surface area contributed by atoms with E-state index in [1.807, 2.05) is 6.92 Å². The second-order valence-electron chi connectivity index (χ2n) is 3.59. The SMILES string of the molecule is CCn1cc(C(=O)O)c(=O)c2cc(OC)nnc21. The number of hydrogen-bond donors (Lipinski definition) is 1. The van der Waals surface area contributed by atoms with Gasteiger partial charge in [0.1, 0.15) is 5.56 Å². The molecule has 0 aromatic carbocycles. The van der Waals surface area contributed by atoms with Crippen LogP contribution in [0.3, 0.4) is 0 Å². The molecule has 0 radical (unpaired) electrons. The number of ether oxygens (including phenoxy) is 1. The molecule has 0 bridgehead atoms. The molecule has 0 unspecified atom stereocenters. The van der Waals surface area contributed by atoms with Crippen LogP contribution >= 0.6 is 0 Å². The molecule has 18 heavy (non-hydrogen) atoms. The van der Waals surface area contributed by atoms with Gasteiger partial charge in [-0.05, 0) is 6.92 Å². The third kappa shape index (κ3) is 1.79. The number of methoxy groups -OCH3 is 1. The molecule has 2 rings (SSSR count). The molecule has 94 valence electrons. The van der Waals surface area contributed by atoms with Crippen LogP contribution in [0, 0.1) is 0 Å². The standard InChI is InChI=1S/C11H11N3O4/c1-3-14-5-7(11(16)17)9(15)6-4-8(18-2)12-13-10(6)14/h4-5H,3H2,1-2H3,(H,16,17). The first kappa shape index (κ1) is 12.0. The maximum atomic E-state index is 12.0. The van der Waals surface area contributed by atoms with Gasteiger partial charge in [-0.15, -0.1) is 10.2 Å². The minimum absolute atomic E-state index is 0.171. The summed E-state index contributed by atoms with van der Waals surface area (Å²) in [4.78, 5) is 23.0. The van der Waals surface area contributed by atoms with E-state index < -0.39 is 11.4 Å². The third-order valence-electron chi connectivity index (χ3n) is 2.58. The molecule has 7 nitrogen and oxygen atoms in total. The molecule has 2 aromatic rings. The summed E-state index contributed by atoms with van der Waals surface area (Å²) in [7, 11) is 1.40. The smallest absolute Gasteiger partial charge is 0.341 e.